The van der Waals surface area contributed by atoms with Gasteiger partial charge in [0, 0.05) is 31.3 Å². The Hall–Kier alpha value is -2.04. The molecule has 1 N–H and O–H groups in total. The number of nitrogens with zero attached hydrogens (tertiary/aromatic N) is 3. The average molecular weight is 260 g/mol. The smallest absolute Gasteiger partial charge is 0.137 e. The van der Waals surface area contributed by atoms with Gasteiger partial charge < -0.3 is 14.6 Å². The van der Waals surface area contributed by atoms with Crippen molar-refractivity contribution in [1.29, 1.82) is 0 Å². The van der Waals surface area contributed by atoms with Crippen molar-refractivity contribution in [1.82, 2.24) is 9.97 Å². The Morgan fingerprint density at radius 3 is 2.79 bits per heavy atom. The fraction of sp³-hybridized carbons (Fsp3) is 0.429. The number of nitrogens with one attached hydrogen (secondary N) is 1. The van der Waals surface area contributed by atoms with Gasteiger partial charge in [-0.1, -0.05) is 6.92 Å². The maximum atomic E-state index is 5.10. The minimum absolute atomic E-state index is 0.770. The first-order valence-electron chi connectivity index (χ1n) is 6.56. The van der Waals surface area contributed by atoms with Gasteiger partial charge in [0.25, 0.3) is 0 Å². The number of anilines is 2. The van der Waals surface area contributed by atoms with Crippen LogP contribution in [0.25, 0.3) is 0 Å². The maximum Gasteiger partial charge on any atom is 0.137 e. The van der Waals surface area contributed by atoms with E-state index in [2.05, 4.69) is 34.0 Å². The molecule has 0 aliphatic rings. The predicted molar refractivity (Wildman–Crippen MR) is 76.4 cm³/mol. The van der Waals surface area contributed by atoms with E-state index >= 15 is 0 Å². The van der Waals surface area contributed by atoms with Crippen LogP contribution in [0, 0.1) is 0 Å². The molecule has 5 nitrogen and oxygen atoms in total. The van der Waals surface area contributed by atoms with Gasteiger partial charge in [0.2, 0.25) is 0 Å². The first-order chi connectivity index (χ1) is 9.26. The lowest BCUT2D eigenvalue weighted by molar-refractivity contribution is 0.563. The molecule has 0 fully saturated rings. The van der Waals surface area contributed by atoms with E-state index in [1.165, 1.54) is 0 Å². The van der Waals surface area contributed by atoms with Crippen molar-refractivity contribution in [2.24, 2.45) is 0 Å². The molecule has 2 heterocycles. The Bertz CT molecular complexity index is 510. The summed E-state index contributed by atoms with van der Waals surface area (Å²) in [4.78, 5) is 10.8. The summed E-state index contributed by atoms with van der Waals surface area (Å²) in [6, 6.07) is 1.97. The molecule has 0 aromatic carbocycles. The van der Waals surface area contributed by atoms with Crippen molar-refractivity contribution < 1.29 is 4.42 Å². The molecule has 0 saturated heterocycles. The Balaban J connectivity index is 2.25. The summed E-state index contributed by atoms with van der Waals surface area (Å²) in [6.07, 6.45) is 5.95. The molecule has 0 radical (unpaired) electrons. The lowest BCUT2D eigenvalue weighted by atomic mass is 10.2. The van der Waals surface area contributed by atoms with Crippen LogP contribution in [0.2, 0.25) is 0 Å². The number of aromatic nitrogens is 2. The molecule has 5 heteroatoms. The molecule has 102 valence electrons. The van der Waals surface area contributed by atoms with Gasteiger partial charge in [-0.05, 0) is 19.4 Å². The first-order valence-corrected chi connectivity index (χ1v) is 6.56. The summed E-state index contributed by atoms with van der Waals surface area (Å²) in [5.74, 6) is 1.89. The van der Waals surface area contributed by atoms with E-state index in [0.29, 0.717) is 0 Å². The number of hydrogen-bond acceptors (Lipinski definition) is 5. The number of furan rings is 1. The van der Waals surface area contributed by atoms with Gasteiger partial charge in [-0.15, -0.1) is 0 Å². The van der Waals surface area contributed by atoms with Crippen molar-refractivity contribution in [3.05, 3.63) is 36.0 Å². The summed E-state index contributed by atoms with van der Waals surface area (Å²) in [6.45, 7) is 5.81. The van der Waals surface area contributed by atoms with Gasteiger partial charge >= 0.3 is 0 Å². The van der Waals surface area contributed by atoms with E-state index in [0.717, 1.165) is 42.3 Å². The van der Waals surface area contributed by atoms with Gasteiger partial charge in [0.1, 0.15) is 18.0 Å². The number of hydrogen-bond donors (Lipinski definition) is 1. The van der Waals surface area contributed by atoms with Crippen molar-refractivity contribution >= 4 is 11.6 Å². The molecule has 0 atom stereocenters. The maximum absolute atomic E-state index is 5.10. The van der Waals surface area contributed by atoms with E-state index in [1.807, 2.05) is 13.1 Å². The second-order valence-corrected chi connectivity index (χ2v) is 4.40. The van der Waals surface area contributed by atoms with Crippen LogP contribution in [0.4, 0.5) is 11.6 Å². The third kappa shape index (κ3) is 3.05. The molecule has 2 aromatic heterocycles. The Kier molecular flexibility index (Phi) is 4.39. The van der Waals surface area contributed by atoms with Crippen molar-refractivity contribution in [2.75, 3.05) is 23.8 Å². The zero-order chi connectivity index (χ0) is 13.7. The standard InChI is InChI=1S/C14H20N4O/c1-4-12-13(15-5-2)16-10-17-14(12)18(3)8-11-6-7-19-9-11/h6-7,9-10H,4-5,8H2,1-3H3,(H,15,16,17). The number of rotatable bonds is 6. The fourth-order valence-corrected chi connectivity index (χ4v) is 2.11. The van der Waals surface area contributed by atoms with Crippen LogP contribution in [0.3, 0.4) is 0 Å². The third-order valence-corrected chi connectivity index (χ3v) is 2.98. The van der Waals surface area contributed by atoms with E-state index in [-0.39, 0.29) is 0 Å². The summed E-state index contributed by atoms with van der Waals surface area (Å²) in [7, 11) is 2.03. The van der Waals surface area contributed by atoms with Gasteiger partial charge in [-0.3, -0.25) is 0 Å². The van der Waals surface area contributed by atoms with Gasteiger partial charge in [-0.25, -0.2) is 9.97 Å². The van der Waals surface area contributed by atoms with E-state index in [4.69, 9.17) is 4.42 Å². The lowest BCUT2D eigenvalue weighted by Crippen LogP contribution is -2.20. The minimum atomic E-state index is 0.770. The highest BCUT2D eigenvalue weighted by molar-refractivity contribution is 5.58. The summed E-state index contributed by atoms with van der Waals surface area (Å²) in [5, 5.41) is 3.28. The fourth-order valence-electron chi connectivity index (χ4n) is 2.11. The zero-order valence-corrected chi connectivity index (χ0v) is 11.7. The van der Waals surface area contributed by atoms with Crippen molar-refractivity contribution in [2.45, 2.75) is 26.8 Å². The predicted octanol–water partition coefficient (Wildman–Crippen LogP) is 2.70. The highest BCUT2D eigenvalue weighted by atomic mass is 16.3. The zero-order valence-electron chi connectivity index (χ0n) is 11.7. The Morgan fingerprint density at radius 1 is 1.32 bits per heavy atom. The van der Waals surface area contributed by atoms with Crippen LogP contribution in [-0.2, 0) is 13.0 Å². The van der Waals surface area contributed by atoms with Crippen LogP contribution in [0.1, 0.15) is 25.0 Å². The normalized spacial score (nSPS) is 10.5. The van der Waals surface area contributed by atoms with Crippen LogP contribution in [0.5, 0.6) is 0 Å². The van der Waals surface area contributed by atoms with E-state index in [1.54, 1.807) is 18.9 Å². The summed E-state index contributed by atoms with van der Waals surface area (Å²) in [5.41, 5.74) is 2.28. The molecule has 0 spiro atoms. The van der Waals surface area contributed by atoms with E-state index in [9.17, 15) is 0 Å². The molecule has 0 aliphatic carbocycles. The quantitative estimate of drug-likeness (QED) is 0.865. The highest BCUT2D eigenvalue weighted by Gasteiger charge is 2.13. The van der Waals surface area contributed by atoms with Gasteiger partial charge in [0.15, 0.2) is 0 Å². The van der Waals surface area contributed by atoms with Gasteiger partial charge in [-0.2, -0.15) is 0 Å². The molecule has 0 saturated carbocycles. The first kappa shape index (κ1) is 13.4. The Morgan fingerprint density at radius 2 is 2.16 bits per heavy atom. The van der Waals surface area contributed by atoms with Crippen LogP contribution in [-0.4, -0.2) is 23.6 Å². The lowest BCUT2D eigenvalue weighted by Gasteiger charge is -2.21. The van der Waals surface area contributed by atoms with Crippen LogP contribution < -0.4 is 10.2 Å². The molecule has 0 unspecified atom stereocenters. The molecule has 19 heavy (non-hydrogen) atoms. The monoisotopic (exact) mass is 260 g/mol. The SMILES string of the molecule is CCNc1ncnc(N(C)Cc2ccoc2)c1CC. The molecule has 2 aromatic rings. The molecule has 2 rings (SSSR count). The minimum Gasteiger partial charge on any atom is -0.472 e. The summed E-state index contributed by atoms with van der Waals surface area (Å²) < 4.78 is 5.10. The topological polar surface area (TPSA) is 54.2 Å². The average Bonchev–Trinajstić information content (AvgIpc) is 2.91. The second kappa shape index (κ2) is 6.22. The molecular weight excluding hydrogens is 240 g/mol. The molecule has 0 amide bonds. The van der Waals surface area contributed by atoms with Crippen LogP contribution in [0.15, 0.2) is 29.3 Å². The third-order valence-electron chi connectivity index (χ3n) is 2.98. The van der Waals surface area contributed by atoms with E-state index < -0.39 is 0 Å². The summed E-state index contributed by atoms with van der Waals surface area (Å²) >= 11 is 0. The van der Waals surface area contributed by atoms with Crippen molar-refractivity contribution in [3.8, 4) is 0 Å². The van der Waals surface area contributed by atoms with Crippen LogP contribution >= 0.6 is 0 Å². The second-order valence-electron chi connectivity index (χ2n) is 4.40. The van der Waals surface area contributed by atoms with Gasteiger partial charge in [0.05, 0.1) is 12.5 Å². The molecule has 0 bridgehead atoms. The highest BCUT2D eigenvalue weighted by Crippen LogP contribution is 2.24. The molecular formula is C14H20N4O. The largest absolute Gasteiger partial charge is 0.472 e. The Labute approximate surface area is 113 Å². The van der Waals surface area contributed by atoms with Crippen molar-refractivity contribution in [3.63, 3.8) is 0 Å². The molecule has 0 aliphatic heterocycles.